The fourth-order valence-electron chi connectivity index (χ4n) is 3.97. The van der Waals surface area contributed by atoms with E-state index in [0.29, 0.717) is 26.2 Å². The van der Waals surface area contributed by atoms with E-state index in [1.807, 2.05) is 0 Å². The number of hydrogen-bond donors (Lipinski definition) is 7. The van der Waals surface area contributed by atoms with Crippen LogP contribution in [0.15, 0.2) is 0 Å². The molecule has 0 spiro atoms. The zero-order valence-corrected chi connectivity index (χ0v) is 30.5. The predicted octanol–water partition coefficient (Wildman–Crippen LogP) is -2.70. The minimum absolute atomic E-state index is 0.0284. The Balaban J connectivity index is 4.27. The van der Waals surface area contributed by atoms with Crippen molar-refractivity contribution in [2.24, 2.45) is 5.73 Å². The molecule has 51 heavy (non-hydrogen) atoms. The number of carbonyl (C=O) groups excluding carboxylic acids is 6. The lowest BCUT2D eigenvalue weighted by molar-refractivity contribution is -0.138. The minimum atomic E-state index is -1.18. The Morgan fingerprint density at radius 1 is 0.667 bits per heavy atom. The van der Waals surface area contributed by atoms with Crippen LogP contribution < -0.4 is 32.3 Å². The number of rotatable bonds is 32. The van der Waals surface area contributed by atoms with E-state index in [4.69, 9.17) is 53.0 Å². The second-order valence-electron chi connectivity index (χ2n) is 10.8. The molecular formula is C30H53Cl2N7O12. The molecule has 294 valence electrons. The third kappa shape index (κ3) is 28.0. The van der Waals surface area contributed by atoms with E-state index in [1.165, 1.54) is 4.90 Å². The zero-order valence-electron chi connectivity index (χ0n) is 29.0. The fraction of sp³-hybridized carbons (Fsp3) is 0.767. The van der Waals surface area contributed by atoms with Gasteiger partial charge in [-0.3, -0.25) is 33.6 Å². The van der Waals surface area contributed by atoms with Gasteiger partial charge in [-0.25, -0.2) is 0 Å². The maximum absolute atomic E-state index is 12.7. The number of nitrogens with zero attached hydrogens (tertiary/aromatic N) is 1. The Morgan fingerprint density at radius 2 is 1.24 bits per heavy atom. The summed E-state index contributed by atoms with van der Waals surface area (Å²) in [5.41, 5.74) is 5.31. The second kappa shape index (κ2) is 31.4. The van der Waals surface area contributed by atoms with Crippen molar-refractivity contribution < 1.29 is 57.6 Å². The summed E-state index contributed by atoms with van der Waals surface area (Å²) in [7, 11) is 0. The summed E-state index contributed by atoms with van der Waals surface area (Å²) in [6.07, 6.45) is 0.0460. The van der Waals surface area contributed by atoms with Crippen LogP contribution in [-0.2, 0) is 52.5 Å². The number of hydrogen-bond acceptors (Lipinski definition) is 12. The van der Waals surface area contributed by atoms with Crippen LogP contribution in [0.2, 0.25) is 0 Å². The van der Waals surface area contributed by atoms with E-state index in [0.717, 1.165) is 0 Å². The maximum Gasteiger partial charge on any atom is 0.303 e. The molecule has 6 amide bonds. The number of nitrogens with two attached hydrogens (primary N) is 1. The van der Waals surface area contributed by atoms with Crippen molar-refractivity contribution in [3.63, 3.8) is 0 Å². The summed E-state index contributed by atoms with van der Waals surface area (Å²) in [6, 6.07) is -1.41. The van der Waals surface area contributed by atoms with Gasteiger partial charge in [0.05, 0.1) is 39.6 Å². The molecule has 0 aromatic carbocycles. The van der Waals surface area contributed by atoms with Gasteiger partial charge < -0.3 is 61.3 Å². The third-order valence-electron chi connectivity index (χ3n) is 6.52. The molecule has 0 unspecified atom stereocenters. The lowest BCUT2D eigenvalue weighted by Crippen LogP contribution is -2.50. The Morgan fingerprint density at radius 3 is 1.82 bits per heavy atom. The van der Waals surface area contributed by atoms with Crippen LogP contribution in [0, 0.1) is 0 Å². The minimum Gasteiger partial charge on any atom is -0.481 e. The molecular weight excluding hydrogens is 721 g/mol. The van der Waals surface area contributed by atoms with Crippen molar-refractivity contribution in [1.82, 2.24) is 31.5 Å². The molecule has 0 fully saturated rings. The summed E-state index contributed by atoms with van der Waals surface area (Å²) >= 11 is 11.1. The molecule has 0 rings (SSSR count). The average molecular weight is 775 g/mol. The van der Waals surface area contributed by atoms with Crippen LogP contribution in [0.1, 0.15) is 32.6 Å². The highest BCUT2D eigenvalue weighted by Crippen LogP contribution is 2.00. The van der Waals surface area contributed by atoms with Crippen LogP contribution in [0.25, 0.3) is 0 Å². The number of carboxylic acids is 1. The summed E-state index contributed by atoms with van der Waals surface area (Å²) in [4.78, 5) is 84.9. The molecule has 21 heteroatoms. The molecule has 19 nitrogen and oxygen atoms in total. The van der Waals surface area contributed by atoms with E-state index in [-0.39, 0.29) is 108 Å². The van der Waals surface area contributed by atoms with Gasteiger partial charge in [0, 0.05) is 58.2 Å². The molecule has 0 radical (unpaired) electrons. The van der Waals surface area contributed by atoms with Gasteiger partial charge in [-0.2, -0.15) is 0 Å². The first-order valence-electron chi connectivity index (χ1n) is 16.5. The van der Waals surface area contributed by atoms with Crippen LogP contribution in [0.4, 0.5) is 0 Å². The van der Waals surface area contributed by atoms with E-state index in [2.05, 4.69) is 26.6 Å². The molecule has 0 heterocycles. The van der Waals surface area contributed by atoms with E-state index >= 15 is 0 Å². The van der Waals surface area contributed by atoms with Crippen molar-refractivity contribution in [1.29, 1.82) is 0 Å². The highest BCUT2D eigenvalue weighted by molar-refractivity contribution is 6.27. The van der Waals surface area contributed by atoms with E-state index < -0.39 is 48.7 Å². The summed E-state index contributed by atoms with van der Waals surface area (Å²) in [5.74, 6) is -4.37. The molecule has 0 aliphatic rings. The van der Waals surface area contributed by atoms with Crippen LogP contribution in [0.5, 0.6) is 0 Å². The highest BCUT2D eigenvalue weighted by atomic mass is 35.5. The van der Waals surface area contributed by atoms with Crippen molar-refractivity contribution in [2.75, 3.05) is 104 Å². The number of ether oxygens (including phenoxy) is 4. The standard InChI is InChI=1S/C30H53Cl2N7O12/c1-22(37-26(42)20-50-16-14-48-12-6-33)2-4-24(40)35-9-13-49-15-17-51-21-27(43)38-23(3-5-29(45)46)30(47)36-8-11-39(28(44)19-32)10-7-34-25(41)18-31/h22-23H,2-21,33H2,1H3,(H,34,41)(H,35,40)(H,36,47)(H,37,42)(H,38,43)(H,45,46)/t22-,23+/m1/s1. The quantitative estimate of drug-likeness (QED) is 0.0271. The Kier molecular flexibility index (Phi) is 29.4. The molecule has 0 aliphatic carbocycles. The molecule has 0 aromatic heterocycles. The lowest BCUT2D eigenvalue weighted by Gasteiger charge is -2.23. The highest BCUT2D eigenvalue weighted by Gasteiger charge is 2.22. The Hall–Kier alpha value is -3.33. The zero-order chi connectivity index (χ0) is 38.3. The first-order valence-corrected chi connectivity index (χ1v) is 17.5. The SMILES string of the molecule is C[C@H](CCC(=O)NCCOCCOCC(=O)N[C@@H](CCC(=O)O)C(=O)NCCN(CCNC(=O)CCl)C(=O)CCl)NC(=O)COCCOCCN. The monoisotopic (exact) mass is 773 g/mol. The maximum atomic E-state index is 12.7. The van der Waals surface area contributed by atoms with Gasteiger partial charge in [-0.05, 0) is 19.8 Å². The number of carbonyl (C=O) groups is 7. The molecule has 2 atom stereocenters. The van der Waals surface area contributed by atoms with Gasteiger partial charge in [-0.15, -0.1) is 23.2 Å². The number of carboxylic acid groups (broad SMARTS) is 1. The number of amides is 6. The molecule has 0 saturated carbocycles. The molecule has 0 aliphatic heterocycles. The predicted molar refractivity (Wildman–Crippen MR) is 185 cm³/mol. The van der Waals surface area contributed by atoms with Gasteiger partial charge in [0.1, 0.15) is 31.0 Å². The van der Waals surface area contributed by atoms with Crippen molar-refractivity contribution in [3.05, 3.63) is 0 Å². The number of alkyl halides is 2. The molecule has 0 aromatic rings. The van der Waals surface area contributed by atoms with Gasteiger partial charge in [-0.1, -0.05) is 0 Å². The largest absolute Gasteiger partial charge is 0.481 e. The van der Waals surface area contributed by atoms with Crippen LogP contribution in [-0.4, -0.2) is 167 Å². The number of halogens is 2. The van der Waals surface area contributed by atoms with Crippen molar-refractivity contribution in [3.8, 4) is 0 Å². The van der Waals surface area contributed by atoms with Crippen molar-refractivity contribution in [2.45, 2.75) is 44.7 Å². The summed E-state index contributed by atoms with van der Waals surface area (Å²) in [5, 5.41) is 22.0. The third-order valence-corrected chi connectivity index (χ3v) is 7.00. The summed E-state index contributed by atoms with van der Waals surface area (Å²) < 4.78 is 21.0. The fourth-order valence-corrected chi connectivity index (χ4v) is 4.24. The average Bonchev–Trinajstić information content (AvgIpc) is 3.10. The smallest absolute Gasteiger partial charge is 0.303 e. The van der Waals surface area contributed by atoms with Gasteiger partial charge in [0.15, 0.2) is 0 Å². The van der Waals surface area contributed by atoms with Gasteiger partial charge in [0.2, 0.25) is 35.4 Å². The number of aliphatic carboxylic acids is 1. The number of nitrogens with one attached hydrogen (secondary N) is 5. The van der Waals surface area contributed by atoms with E-state index in [9.17, 15) is 33.6 Å². The first-order chi connectivity index (χ1) is 24.4. The normalized spacial score (nSPS) is 11.9. The van der Waals surface area contributed by atoms with Crippen molar-refractivity contribution >= 4 is 64.6 Å². The van der Waals surface area contributed by atoms with Gasteiger partial charge >= 0.3 is 5.97 Å². The topological polar surface area (TPSA) is 266 Å². The summed E-state index contributed by atoms with van der Waals surface area (Å²) in [6.45, 7) is 3.54. The molecule has 8 N–H and O–H groups in total. The second-order valence-corrected chi connectivity index (χ2v) is 11.4. The Bertz CT molecular complexity index is 1060. The first kappa shape index (κ1) is 47.7. The lowest BCUT2D eigenvalue weighted by atomic mass is 10.1. The molecule has 0 bridgehead atoms. The van der Waals surface area contributed by atoms with Crippen LogP contribution >= 0.6 is 23.2 Å². The molecule has 0 saturated heterocycles. The van der Waals surface area contributed by atoms with Gasteiger partial charge in [0.25, 0.3) is 0 Å². The Labute approximate surface area is 307 Å². The van der Waals surface area contributed by atoms with E-state index in [1.54, 1.807) is 6.92 Å². The van der Waals surface area contributed by atoms with Crippen LogP contribution in [0.3, 0.4) is 0 Å².